The molecule has 0 aliphatic carbocycles. The number of hydrogen-bond acceptors (Lipinski definition) is 3. The van der Waals surface area contributed by atoms with Gasteiger partial charge in [-0.1, -0.05) is 0 Å². The number of aryl methyl sites for hydroxylation is 1. The zero-order chi connectivity index (χ0) is 8.43. The van der Waals surface area contributed by atoms with Crippen molar-refractivity contribution < 1.29 is 22.6 Å². The van der Waals surface area contributed by atoms with Gasteiger partial charge in [0.1, 0.15) is 5.75 Å². The molecular formula is C8H11ClNO2-. The number of aliphatic hydroxyl groups is 1. The topological polar surface area (TPSA) is 53.4 Å². The molecule has 1 aromatic heterocycles. The normalized spacial score (nSPS) is 9.25. The molecular weight excluding hydrogens is 178 g/mol. The number of pyridine rings is 1. The van der Waals surface area contributed by atoms with Crippen LogP contribution in [0.3, 0.4) is 0 Å². The lowest BCUT2D eigenvalue weighted by atomic mass is 10.1. The minimum Gasteiger partial charge on any atom is -1.00 e. The third-order valence-corrected chi connectivity index (χ3v) is 1.76. The molecule has 4 heteroatoms. The molecule has 0 unspecified atom stereocenters. The van der Waals surface area contributed by atoms with Crippen molar-refractivity contribution in [2.24, 2.45) is 0 Å². The van der Waals surface area contributed by atoms with Gasteiger partial charge in [-0.2, -0.15) is 0 Å². The number of aliphatic hydroxyl groups excluding tert-OH is 1. The minimum absolute atomic E-state index is 0. The van der Waals surface area contributed by atoms with Crippen molar-refractivity contribution >= 4 is 0 Å². The second-order valence-corrected chi connectivity index (χ2v) is 2.50. The summed E-state index contributed by atoms with van der Waals surface area (Å²) >= 11 is 0. The molecule has 12 heavy (non-hydrogen) atoms. The maximum atomic E-state index is 9.34. The van der Waals surface area contributed by atoms with E-state index in [1.54, 1.807) is 20.0 Å². The molecule has 0 bridgehead atoms. The molecule has 0 saturated heterocycles. The number of aromatic nitrogens is 1. The Kier molecular flexibility index (Phi) is 4.00. The van der Waals surface area contributed by atoms with Gasteiger partial charge in [0.2, 0.25) is 0 Å². The molecule has 68 valence electrons. The highest BCUT2D eigenvalue weighted by molar-refractivity contribution is 5.38. The first-order valence-electron chi connectivity index (χ1n) is 3.41. The summed E-state index contributed by atoms with van der Waals surface area (Å²) in [5, 5.41) is 18.1. The number of halogens is 1. The zero-order valence-electron chi connectivity index (χ0n) is 7.00. The van der Waals surface area contributed by atoms with Gasteiger partial charge in [0.15, 0.2) is 0 Å². The van der Waals surface area contributed by atoms with Crippen LogP contribution in [0.4, 0.5) is 0 Å². The predicted octanol–water partition coefficient (Wildman–Crippen LogP) is -2.10. The Bertz CT molecular complexity index is 276. The maximum absolute atomic E-state index is 9.34. The lowest BCUT2D eigenvalue weighted by Gasteiger charge is -2.05. The van der Waals surface area contributed by atoms with Gasteiger partial charge in [-0.25, -0.2) is 0 Å². The van der Waals surface area contributed by atoms with Crippen LogP contribution in [0.25, 0.3) is 0 Å². The summed E-state index contributed by atoms with van der Waals surface area (Å²) in [6.45, 7) is 3.41. The molecule has 0 radical (unpaired) electrons. The second kappa shape index (κ2) is 4.28. The lowest BCUT2D eigenvalue weighted by molar-refractivity contribution is -0.00000435. The number of rotatable bonds is 1. The summed E-state index contributed by atoms with van der Waals surface area (Å²) in [4.78, 5) is 3.90. The Morgan fingerprint density at radius 1 is 1.42 bits per heavy atom. The maximum Gasteiger partial charge on any atom is 0.140 e. The van der Waals surface area contributed by atoms with Crippen molar-refractivity contribution in [3.63, 3.8) is 0 Å². The molecule has 0 fully saturated rings. The Morgan fingerprint density at radius 2 is 2.00 bits per heavy atom. The largest absolute Gasteiger partial charge is 1.00 e. The van der Waals surface area contributed by atoms with Crippen LogP contribution in [0, 0.1) is 13.8 Å². The van der Waals surface area contributed by atoms with Gasteiger partial charge in [0.05, 0.1) is 12.3 Å². The van der Waals surface area contributed by atoms with Crippen LogP contribution < -0.4 is 12.4 Å². The van der Waals surface area contributed by atoms with Gasteiger partial charge >= 0.3 is 0 Å². The summed E-state index contributed by atoms with van der Waals surface area (Å²) in [7, 11) is 0. The van der Waals surface area contributed by atoms with Crippen LogP contribution in [0.1, 0.15) is 16.8 Å². The van der Waals surface area contributed by atoms with Crippen molar-refractivity contribution in [1.29, 1.82) is 0 Å². The van der Waals surface area contributed by atoms with E-state index in [1.165, 1.54) is 0 Å². The highest BCUT2D eigenvalue weighted by Crippen LogP contribution is 2.21. The van der Waals surface area contributed by atoms with E-state index in [-0.39, 0.29) is 24.8 Å². The molecule has 2 N–H and O–H groups in total. The Balaban J connectivity index is 0.00000121. The summed E-state index contributed by atoms with van der Waals surface area (Å²) in [6.07, 6.45) is 1.57. The molecule has 1 rings (SSSR count). The first-order valence-corrected chi connectivity index (χ1v) is 3.41. The van der Waals surface area contributed by atoms with E-state index >= 15 is 0 Å². The van der Waals surface area contributed by atoms with Crippen LogP contribution in [-0.4, -0.2) is 15.2 Å². The van der Waals surface area contributed by atoms with E-state index in [2.05, 4.69) is 4.98 Å². The number of nitrogens with zero attached hydrogens (tertiary/aromatic N) is 1. The molecule has 0 aromatic carbocycles. The molecule has 0 aliphatic heterocycles. The summed E-state index contributed by atoms with van der Waals surface area (Å²) in [5.74, 6) is 0.177. The number of aromatic hydroxyl groups is 1. The van der Waals surface area contributed by atoms with Crippen LogP contribution in [0.5, 0.6) is 5.75 Å². The van der Waals surface area contributed by atoms with Gasteiger partial charge < -0.3 is 22.6 Å². The third kappa shape index (κ3) is 1.87. The van der Waals surface area contributed by atoms with Gasteiger partial charge in [-0.3, -0.25) is 4.98 Å². The fraction of sp³-hybridized carbons (Fsp3) is 0.375. The van der Waals surface area contributed by atoms with E-state index in [1.807, 2.05) is 0 Å². The second-order valence-electron chi connectivity index (χ2n) is 2.50. The van der Waals surface area contributed by atoms with Crippen molar-refractivity contribution in [1.82, 2.24) is 4.98 Å². The highest BCUT2D eigenvalue weighted by atomic mass is 35.5. The molecule has 0 amide bonds. The smallest absolute Gasteiger partial charge is 0.140 e. The molecule has 0 saturated carbocycles. The summed E-state index contributed by atoms with van der Waals surface area (Å²) < 4.78 is 0. The monoisotopic (exact) mass is 188 g/mol. The Morgan fingerprint density at radius 3 is 2.50 bits per heavy atom. The van der Waals surface area contributed by atoms with E-state index in [9.17, 15) is 5.11 Å². The average Bonchev–Trinajstić information content (AvgIpc) is 2.01. The van der Waals surface area contributed by atoms with Gasteiger partial charge in [-0.05, 0) is 19.4 Å². The zero-order valence-corrected chi connectivity index (χ0v) is 7.76. The third-order valence-electron chi connectivity index (χ3n) is 1.76. The van der Waals surface area contributed by atoms with Gasteiger partial charge in [0, 0.05) is 11.8 Å². The van der Waals surface area contributed by atoms with Crippen LogP contribution in [-0.2, 0) is 6.61 Å². The molecule has 0 atom stereocenters. The van der Waals surface area contributed by atoms with Gasteiger partial charge in [-0.15, -0.1) is 0 Å². The van der Waals surface area contributed by atoms with E-state index < -0.39 is 0 Å². The Labute approximate surface area is 77.5 Å². The molecule has 0 spiro atoms. The van der Waals surface area contributed by atoms with Crippen molar-refractivity contribution in [2.45, 2.75) is 20.5 Å². The minimum atomic E-state index is -0.0767. The standard InChI is InChI=1S/C8H11NO2.ClH/c1-5-7(4-10)3-9-6(2)8(5)11;/h3,10-11H,4H2,1-2H3;1H/p-1. The van der Waals surface area contributed by atoms with Crippen molar-refractivity contribution in [2.75, 3.05) is 0 Å². The van der Waals surface area contributed by atoms with Crippen LogP contribution >= 0.6 is 0 Å². The van der Waals surface area contributed by atoms with E-state index in [4.69, 9.17) is 5.11 Å². The van der Waals surface area contributed by atoms with E-state index in [0.717, 1.165) is 0 Å². The molecule has 3 nitrogen and oxygen atoms in total. The van der Waals surface area contributed by atoms with Crippen molar-refractivity contribution in [3.8, 4) is 5.75 Å². The fourth-order valence-electron chi connectivity index (χ4n) is 0.916. The van der Waals surface area contributed by atoms with Gasteiger partial charge in [0.25, 0.3) is 0 Å². The summed E-state index contributed by atoms with van der Waals surface area (Å²) in [5.41, 5.74) is 1.98. The molecule has 1 heterocycles. The first-order chi connectivity index (χ1) is 5.16. The van der Waals surface area contributed by atoms with Crippen molar-refractivity contribution in [3.05, 3.63) is 23.0 Å². The lowest BCUT2D eigenvalue weighted by Crippen LogP contribution is -3.00. The highest BCUT2D eigenvalue weighted by Gasteiger charge is 2.05. The fourth-order valence-corrected chi connectivity index (χ4v) is 0.916. The predicted molar refractivity (Wildman–Crippen MR) is 41.3 cm³/mol. The molecule has 0 aliphatic rings. The number of hydrogen-bond donors (Lipinski definition) is 2. The summed E-state index contributed by atoms with van der Waals surface area (Å²) in [6, 6.07) is 0. The van der Waals surface area contributed by atoms with Crippen LogP contribution in [0.15, 0.2) is 6.20 Å². The first kappa shape index (κ1) is 11.2. The van der Waals surface area contributed by atoms with Crippen LogP contribution in [0.2, 0.25) is 0 Å². The quantitative estimate of drug-likeness (QED) is 0.531. The SMILES string of the molecule is Cc1ncc(CO)c(C)c1O.[Cl-]. The molecule has 1 aromatic rings. The Hall–Kier alpha value is -0.800. The average molecular weight is 189 g/mol. The van der Waals surface area contributed by atoms with E-state index in [0.29, 0.717) is 16.8 Å².